The topological polar surface area (TPSA) is 51.2 Å². The van der Waals surface area contributed by atoms with Gasteiger partial charge in [0.15, 0.2) is 0 Å². The molecule has 0 spiro atoms. The van der Waals surface area contributed by atoms with E-state index < -0.39 is 16.0 Å². The van der Waals surface area contributed by atoms with Crippen LogP contribution >= 0.6 is 0 Å². The summed E-state index contributed by atoms with van der Waals surface area (Å²) in [7, 11) is 0. The minimum absolute atomic E-state index is 0.435. The van der Waals surface area contributed by atoms with Gasteiger partial charge in [0.2, 0.25) is 0 Å². The number of carbonyl (C=O) groups is 3. The van der Waals surface area contributed by atoms with Crippen LogP contribution in [0.3, 0.4) is 0 Å². The van der Waals surface area contributed by atoms with E-state index in [1.54, 1.807) is 12.2 Å². The van der Waals surface area contributed by atoms with Gasteiger partial charge in [-0.05, 0) is 0 Å². The first-order valence-corrected chi connectivity index (χ1v) is 5.48. The molecule has 0 saturated carbocycles. The Labute approximate surface area is 70.7 Å². The van der Waals surface area contributed by atoms with Crippen molar-refractivity contribution in [2.24, 2.45) is 0 Å². The van der Waals surface area contributed by atoms with E-state index in [-0.39, 0.29) is 0 Å². The standard InChI is InChI=1S/C4H6.3CHO.Ru/c1-3-4-2;3*1-2;/h3-4H,1-2H2;3*1H;. The molecule has 0 aromatic carbocycles. The maximum atomic E-state index is 9.57. The summed E-state index contributed by atoms with van der Waals surface area (Å²) >= 11 is -2.25. The molecule has 11 heavy (non-hydrogen) atoms. The number of hydrogen-bond donors (Lipinski definition) is 0. The van der Waals surface area contributed by atoms with E-state index in [0.717, 1.165) is 0 Å². The third-order valence-corrected chi connectivity index (χ3v) is 1.87. The van der Waals surface area contributed by atoms with E-state index in [2.05, 4.69) is 13.2 Å². The van der Waals surface area contributed by atoms with Crippen molar-refractivity contribution in [1.82, 2.24) is 0 Å². The molecule has 0 aliphatic rings. The first kappa shape index (κ1) is 12.8. The first-order valence-electron chi connectivity index (χ1n) is 2.47. The molecule has 0 atom stereocenters. The van der Waals surface area contributed by atoms with Crippen LogP contribution in [0.15, 0.2) is 25.3 Å². The van der Waals surface area contributed by atoms with Gasteiger partial charge in [-0.15, -0.1) is 0 Å². The Morgan fingerprint density at radius 3 is 1.09 bits per heavy atom. The number of allylic oxidation sites excluding steroid dienone is 2. The van der Waals surface area contributed by atoms with Gasteiger partial charge in [-0.25, -0.2) is 0 Å². The van der Waals surface area contributed by atoms with Crippen molar-refractivity contribution in [1.29, 1.82) is 0 Å². The molecule has 0 unspecified atom stereocenters. The van der Waals surface area contributed by atoms with Crippen LogP contribution < -0.4 is 0 Å². The van der Waals surface area contributed by atoms with E-state index in [1.807, 2.05) is 0 Å². The second-order valence-electron chi connectivity index (χ2n) is 1.07. The van der Waals surface area contributed by atoms with Crippen LogP contribution in [0.1, 0.15) is 0 Å². The minimum atomic E-state index is -2.25. The zero-order valence-electron chi connectivity index (χ0n) is 5.88. The van der Waals surface area contributed by atoms with Gasteiger partial charge in [-0.2, -0.15) is 0 Å². The van der Waals surface area contributed by atoms with Crippen molar-refractivity contribution >= 4 is 14.6 Å². The molecule has 0 fully saturated rings. The summed E-state index contributed by atoms with van der Waals surface area (Å²) in [5.41, 5.74) is 0. The summed E-state index contributed by atoms with van der Waals surface area (Å²) in [6.07, 6.45) is 3.28. The van der Waals surface area contributed by atoms with Gasteiger partial charge in [-0.3, -0.25) is 0 Å². The van der Waals surface area contributed by atoms with E-state index in [4.69, 9.17) is 0 Å². The summed E-state index contributed by atoms with van der Waals surface area (Å²) in [4.78, 5) is 30.0. The molecule has 0 radical (unpaired) electrons. The first-order chi connectivity index (χ1) is 5.26. The average molecular weight is 242 g/mol. The van der Waals surface area contributed by atoms with Crippen LogP contribution in [0.2, 0.25) is 0 Å². The summed E-state index contributed by atoms with van der Waals surface area (Å²) < 4.78 is 0. The van der Waals surface area contributed by atoms with Crippen LogP contribution in [0.5, 0.6) is 0 Å². The van der Waals surface area contributed by atoms with Gasteiger partial charge in [0, 0.05) is 0 Å². The average Bonchev–Trinajstić information content (AvgIpc) is 2.08. The second kappa shape index (κ2) is 11.9. The van der Waals surface area contributed by atoms with Crippen LogP contribution in [-0.2, 0) is 30.3 Å². The van der Waals surface area contributed by atoms with Crippen molar-refractivity contribution < 1.29 is 30.3 Å². The zero-order valence-corrected chi connectivity index (χ0v) is 7.62. The molecular formula is C7H9O3Ru. The molecule has 4 heteroatoms. The van der Waals surface area contributed by atoms with Crippen molar-refractivity contribution in [3.63, 3.8) is 0 Å². The van der Waals surface area contributed by atoms with Crippen LogP contribution in [0.25, 0.3) is 0 Å². The van der Waals surface area contributed by atoms with Crippen molar-refractivity contribution in [2.75, 3.05) is 0 Å². The maximum absolute atomic E-state index is 9.57. The van der Waals surface area contributed by atoms with Gasteiger partial charge in [0.25, 0.3) is 0 Å². The van der Waals surface area contributed by atoms with E-state index in [9.17, 15) is 14.4 Å². The fourth-order valence-electron chi connectivity index (χ4n) is 0.0589. The van der Waals surface area contributed by atoms with E-state index in [0.29, 0.717) is 14.6 Å². The fraction of sp³-hybridized carbons (Fsp3) is 0. The molecule has 0 aromatic rings. The molecule has 63 valence electrons. The Morgan fingerprint density at radius 2 is 1.09 bits per heavy atom. The van der Waals surface area contributed by atoms with Crippen LogP contribution in [0.4, 0.5) is 0 Å². The molecule has 0 saturated heterocycles. The summed E-state index contributed by atoms with van der Waals surface area (Å²) in [5.74, 6) is 0. The molecular weight excluding hydrogens is 233 g/mol. The third kappa shape index (κ3) is 12.3. The van der Waals surface area contributed by atoms with Gasteiger partial charge in [-0.1, -0.05) is 25.3 Å². The predicted octanol–water partition coefficient (Wildman–Crippen LogP) is 0.534. The monoisotopic (exact) mass is 243 g/mol. The predicted molar refractivity (Wildman–Crippen MR) is 40.6 cm³/mol. The number of carbonyl (C=O) groups excluding carboxylic acids is 3. The molecule has 3 nitrogen and oxygen atoms in total. The molecule has 0 N–H and O–H groups in total. The molecule has 0 bridgehead atoms. The molecule has 0 aliphatic carbocycles. The Kier molecular flexibility index (Phi) is 13.8. The molecule has 0 heterocycles. The summed E-state index contributed by atoms with van der Waals surface area (Å²) in [6.45, 7) is 6.72. The van der Waals surface area contributed by atoms with Crippen LogP contribution in [0, 0.1) is 0 Å². The zero-order chi connectivity index (χ0) is 9.11. The Bertz CT molecular complexity index is 129. The number of rotatable bonds is 4. The summed E-state index contributed by atoms with van der Waals surface area (Å²) in [6, 6.07) is 0. The Morgan fingerprint density at radius 1 is 0.818 bits per heavy atom. The molecule has 0 rings (SSSR count). The molecule has 0 aromatic heterocycles. The van der Waals surface area contributed by atoms with E-state index >= 15 is 0 Å². The third-order valence-electron chi connectivity index (χ3n) is 0.455. The molecule has 0 amide bonds. The fourth-order valence-corrected chi connectivity index (χ4v) is 0.349. The van der Waals surface area contributed by atoms with Crippen molar-refractivity contribution in [2.45, 2.75) is 0 Å². The second-order valence-corrected chi connectivity index (χ2v) is 4.04. The van der Waals surface area contributed by atoms with Crippen molar-refractivity contribution in [3.05, 3.63) is 25.3 Å². The van der Waals surface area contributed by atoms with Gasteiger partial charge < -0.3 is 0 Å². The van der Waals surface area contributed by atoms with Crippen LogP contribution in [-0.4, -0.2) is 14.6 Å². The SMILES string of the molecule is C=CC=C.O=[CH][Ru]([CH]=O)[CH]=O. The summed E-state index contributed by atoms with van der Waals surface area (Å²) in [5, 5.41) is 0. The van der Waals surface area contributed by atoms with Gasteiger partial charge in [0.1, 0.15) is 0 Å². The van der Waals surface area contributed by atoms with E-state index in [1.165, 1.54) is 0 Å². The Balaban J connectivity index is 0. The quantitative estimate of drug-likeness (QED) is 0.410. The van der Waals surface area contributed by atoms with Crippen molar-refractivity contribution in [3.8, 4) is 0 Å². The van der Waals surface area contributed by atoms with Gasteiger partial charge >= 0.3 is 45.0 Å². The normalized spacial score (nSPS) is 7.82. The van der Waals surface area contributed by atoms with Gasteiger partial charge in [0.05, 0.1) is 0 Å². The Hall–Kier alpha value is -0.887. The molecule has 0 aliphatic heterocycles. The number of hydrogen-bond acceptors (Lipinski definition) is 3.